The van der Waals surface area contributed by atoms with E-state index in [1.807, 2.05) is 34.9 Å². The molecule has 8 nitrogen and oxygen atoms in total. The van der Waals surface area contributed by atoms with Gasteiger partial charge in [-0.2, -0.15) is 0 Å². The number of H-pyrrole nitrogens is 2. The predicted octanol–water partition coefficient (Wildman–Crippen LogP) is 5.35. The Morgan fingerprint density at radius 1 is 1.21 bits per heavy atom. The predicted molar refractivity (Wildman–Crippen MR) is 159 cm³/mol. The number of fused-ring (bicyclic) bond motifs is 2. The number of anilines is 1. The Bertz CT molecular complexity index is 1480. The second kappa shape index (κ2) is 10.8. The average Bonchev–Trinajstić information content (AvgIpc) is 3.67. The van der Waals surface area contributed by atoms with Crippen LogP contribution in [0, 0.1) is 0 Å². The number of carbonyl (C=O) groups excluding carboxylic acids is 1. The van der Waals surface area contributed by atoms with Gasteiger partial charge in [-0.1, -0.05) is 12.5 Å². The summed E-state index contributed by atoms with van der Waals surface area (Å²) in [4.78, 5) is 43.0. The number of amides is 1. The molecule has 0 saturated carbocycles. The second-order valence-corrected chi connectivity index (χ2v) is 13.0. The minimum Gasteiger partial charge on any atom is -0.381 e. The molecule has 2 aromatic heterocycles. The average molecular weight is 547 g/mol. The maximum atomic E-state index is 13.2. The zero-order valence-electron chi connectivity index (χ0n) is 23.1. The molecule has 1 saturated heterocycles. The molecule has 6 rings (SSSR count). The summed E-state index contributed by atoms with van der Waals surface area (Å²) in [5.74, 6) is 0.592. The van der Waals surface area contributed by atoms with Crippen LogP contribution < -0.4 is 10.9 Å². The van der Waals surface area contributed by atoms with Gasteiger partial charge in [-0.05, 0) is 94.3 Å². The van der Waals surface area contributed by atoms with E-state index < -0.39 is 0 Å². The van der Waals surface area contributed by atoms with E-state index >= 15 is 0 Å². The van der Waals surface area contributed by atoms with Gasteiger partial charge in [0.1, 0.15) is 11.4 Å². The molecule has 1 fully saturated rings. The molecule has 3 aromatic rings. The van der Waals surface area contributed by atoms with Crippen LogP contribution in [0.15, 0.2) is 39.7 Å². The lowest BCUT2D eigenvalue weighted by Crippen LogP contribution is -2.29. The molecule has 0 aliphatic carbocycles. The zero-order valence-corrected chi connectivity index (χ0v) is 23.9. The molecule has 39 heavy (non-hydrogen) atoms. The van der Waals surface area contributed by atoms with Crippen LogP contribution in [0.4, 0.5) is 5.69 Å². The van der Waals surface area contributed by atoms with Crippen LogP contribution in [0.5, 0.6) is 0 Å². The monoisotopic (exact) mass is 546 g/mol. The summed E-state index contributed by atoms with van der Waals surface area (Å²) in [7, 11) is 0. The van der Waals surface area contributed by atoms with E-state index in [2.05, 4.69) is 41.0 Å². The van der Waals surface area contributed by atoms with E-state index in [0.29, 0.717) is 28.7 Å². The van der Waals surface area contributed by atoms with Crippen LogP contribution in [0.3, 0.4) is 0 Å². The fraction of sp³-hybridized carbons (Fsp3) is 0.500. The van der Waals surface area contributed by atoms with E-state index in [-0.39, 0.29) is 17.5 Å². The molecule has 2 unspecified atom stereocenters. The largest absolute Gasteiger partial charge is 0.381 e. The summed E-state index contributed by atoms with van der Waals surface area (Å²) in [5.41, 5.74) is 5.81. The minimum absolute atomic E-state index is 0.0790. The first kappa shape index (κ1) is 26.2. The first-order valence-electron chi connectivity index (χ1n) is 14.2. The minimum atomic E-state index is -0.196. The summed E-state index contributed by atoms with van der Waals surface area (Å²) in [6.07, 6.45) is 7.32. The lowest BCUT2D eigenvalue weighted by atomic mass is 10.1. The van der Waals surface area contributed by atoms with Crippen molar-refractivity contribution in [3.8, 4) is 11.4 Å². The van der Waals surface area contributed by atoms with Crippen LogP contribution in [0.2, 0.25) is 0 Å². The fourth-order valence-corrected chi connectivity index (χ4v) is 7.70. The Morgan fingerprint density at radius 3 is 2.79 bits per heavy atom. The molecule has 5 heterocycles. The lowest BCUT2D eigenvalue weighted by Gasteiger charge is -2.19. The Labute approximate surface area is 233 Å². The third kappa shape index (κ3) is 5.39. The van der Waals surface area contributed by atoms with Gasteiger partial charge in [0.05, 0.1) is 16.7 Å². The molecule has 0 spiro atoms. The van der Waals surface area contributed by atoms with Crippen LogP contribution in [-0.4, -0.2) is 68.1 Å². The SMILES string of the molecule is CC1=C(CC(C)Nc2cc[nH]c(=O)c2-c2nc3cc4c(cc3[nH]2)CN(CCCN2CCCC2)C4=O)SC(C)C1. The number of aromatic nitrogens is 3. The topological polar surface area (TPSA) is 97.1 Å². The number of pyridine rings is 1. The molecule has 9 heteroatoms. The molecular formula is C30H38N6O2S. The highest BCUT2D eigenvalue weighted by molar-refractivity contribution is 8.03. The van der Waals surface area contributed by atoms with Gasteiger partial charge in [-0.15, -0.1) is 11.8 Å². The number of nitrogens with zero attached hydrogens (tertiary/aromatic N) is 3. The summed E-state index contributed by atoms with van der Waals surface area (Å²) in [6.45, 7) is 11.5. The van der Waals surface area contributed by atoms with Crippen molar-refractivity contribution in [3.63, 3.8) is 0 Å². The van der Waals surface area contributed by atoms with Crippen molar-refractivity contribution in [1.29, 1.82) is 0 Å². The summed E-state index contributed by atoms with van der Waals surface area (Å²) in [6, 6.07) is 5.97. The molecule has 3 N–H and O–H groups in total. The van der Waals surface area contributed by atoms with Gasteiger partial charge in [-0.3, -0.25) is 9.59 Å². The molecule has 1 amide bonds. The number of allylic oxidation sites excluding steroid dienone is 1. The normalized spacial score (nSPS) is 20.4. The Morgan fingerprint density at radius 2 is 2.03 bits per heavy atom. The smallest absolute Gasteiger partial charge is 0.261 e. The van der Waals surface area contributed by atoms with Gasteiger partial charge in [0, 0.05) is 36.1 Å². The van der Waals surface area contributed by atoms with E-state index in [0.717, 1.165) is 54.7 Å². The molecule has 1 aromatic carbocycles. The van der Waals surface area contributed by atoms with E-state index in [9.17, 15) is 9.59 Å². The standard InChI is InChI=1S/C30H38N6O2S/c1-18-13-20(3)39-26(18)14-19(2)32-23-7-8-31-29(37)27(23)28-33-24-15-21-17-36(12-6-11-35-9-4-5-10-35)30(38)22(21)16-25(24)34-28/h7-8,15-16,19-20H,4-6,9-14,17H2,1-3H3,(H,33,34)(H2,31,32,37). The van der Waals surface area contributed by atoms with E-state index in [4.69, 9.17) is 4.98 Å². The van der Waals surface area contributed by atoms with Crippen molar-refractivity contribution in [2.45, 2.75) is 70.7 Å². The molecule has 0 bridgehead atoms. The summed E-state index contributed by atoms with van der Waals surface area (Å²) in [5, 5.41) is 4.20. The van der Waals surface area contributed by atoms with Crippen molar-refractivity contribution < 1.29 is 4.79 Å². The highest BCUT2D eigenvalue weighted by atomic mass is 32.2. The molecular weight excluding hydrogens is 508 g/mol. The number of likely N-dealkylation sites (tertiary alicyclic amines) is 1. The van der Waals surface area contributed by atoms with Gasteiger partial charge in [0.25, 0.3) is 11.5 Å². The Hall–Kier alpha value is -3.04. The van der Waals surface area contributed by atoms with Gasteiger partial charge in [-0.25, -0.2) is 4.98 Å². The van der Waals surface area contributed by atoms with Crippen LogP contribution >= 0.6 is 11.8 Å². The number of benzene rings is 1. The molecule has 206 valence electrons. The summed E-state index contributed by atoms with van der Waals surface area (Å²) < 4.78 is 0. The first-order chi connectivity index (χ1) is 18.9. The van der Waals surface area contributed by atoms with Crippen LogP contribution in [0.25, 0.3) is 22.4 Å². The number of rotatable bonds is 9. The quantitative estimate of drug-likeness (QED) is 0.335. The Balaban J connectivity index is 1.19. The maximum absolute atomic E-state index is 13.2. The van der Waals surface area contributed by atoms with Gasteiger partial charge < -0.3 is 25.1 Å². The van der Waals surface area contributed by atoms with Crippen molar-refractivity contribution in [2.75, 3.05) is 31.5 Å². The molecule has 2 atom stereocenters. The third-order valence-corrected chi connectivity index (χ3v) is 9.56. The van der Waals surface area contributed by atoms with Crippen LogP contribution in [0.1, 0.15) is 68.8 Å². The highest BCUT2D eigenvalue weighted by Crippen LogP contribution is 2.40. The number of nitrogens with one attached hydrogen (secondary N) is 3. The molecule has 0 radical (unpaired) electrons. The maximum Gasteiger partial charge on any atom is 0.261 e. The number of aromatic amines is 2. The lowest BCUT2D eigenvalue weighted by molar-refractivity contribution is 0.0772. The summed E-state index contributed by atoms with van der Waals surface area (Å²) >= 11 is 1.96. The van der Waals surface area contributed by atoms with Gasteiger partial charge in [0.15, 0.2) is 0 Å². The number of imidazole rings is 1. The fourth-order valence-electron chi connectivity index (χ4n) is 6.25. The zero-order chi connectivity index (χ0) is 27.1. The number of hydrogen-bond donors (Lipinski definition) is 3. The van der Waals surface area contributed by atoms with Gasteiger partial charge >= 0.3 is 0 Å². The van der Waals surface area contributed by atoms with Crippen molar-refractivity contribution in [1.82, 2.24) is 24.8 Å². The first-order valence-corrected chi connectivity index (χ1v) is 15.1. The van der Waals surface area contributed by atoms with Crippen molar-refractivity contribution >= 4 is 34.4 Å². The van der Waals surface area contributed by atoms with Crippen molar-refractivity contribution in [3.05, 3.63) is 56.4 Å². The number of hydrogen-bond acceptors (Lipinski definition) is 6. The Kier molecular flexibility index (Phi) is 7.29. The number of carbonyl (C=O) groups is 1. The van der Waals surface area contributed by atoms with Crippen LogP contribution in [-0.2, 0) is 6.54 Å². The van der Waals surface area contributed by atoms with E-state index in [1.54, 1.807) is 6.20 Å². The number of thioether (sulfide) groups is 1. The van der Waals surface area contributed by atoms with Gasteiger partial charge in [0.2, 0.25) is 0 Å². The second-order valence-electron chi connectivity index (χ2n) is 11.4. The molecule has 3 aliphatic rings. The van der Waals surface area contributed by atoms with Crippen molar-refractivity contribution in [2.24, 2.45) is 0 Å². The van der Waals surface area contributed by atoms with E-state index in [1.165, 1.54) is 36.4 Å². The molecule has 3 aliphatic heterocycles. The highest BCUT2D eigenvalue weighted by Gasteiger charge is 2.29. The third-order valence-electron chi connectivity index (χ3n) is 8.19.